The maximum atomic E-state index is 14.2. The van der Waals surface area contributed by atoms with Gasteiger partial charge in [-0.15, -0.1) is 0 Å². The smallest absolute Gasteiger partial charge is 0.245 e. The third-order valence-corrected chi connectivity index (χ3v) is 7.29. The fourth-order valence-corrected chi connectivity index (χ4v) is 5.49. The zero-order chi connectivity index (χ0) is 23.0. The van der Waals surface area contributed by atoms with Crippen molar-refractivity contribution in [1.29, 1.82) is 0 Å². The maximum absolute atomic E-state index is 14.2. The lowest BCUT2D eigenvalue weighted by atomic mass is 10.0. The number of nitrogens with zero attached hydrogens (tertiary/aromatic N) is 4. The molecule has 172 valence electrons. The topological polar surface area (TPSA) is 95.5 Å². The number of piperidine rings is 1. The van der Waals surface area contributed by atoms with Gasteiger partial charge in [-0.2, -0.15) is 0 Å². The van der Waals surface area contributed by atoms with Crippen LogP contribution in [0.3, 0.4) is 0 Å². The number of anilines is 2. The molecule has 1 atom stereocenters. The predicted molar refractivity (Wildman–Crippen MR) is 120 cm³/mol. The Kier molecular flexibility index (Phi) is 6.26. The first kappa shape index (κ1) is 22.7. The van der Waals surface area contributed by atoms with Gasteiger partial charge in [-0.1, -0.05) is 11.6 Å². The third-order valence-electron chi connectivity index (χ3n) is 5.96. The van der Waals surface area contributed by atoms with Gasteiger partial charge in [0.1, 0.15) is 6.04 Å². The van der Waals surface area contributed by atoms with Crippen molar-refractivity contribution in [1.82, 2.24) is 14.9 Å². The Morgan fingerprint density at radius 2 is 1.84 bits per heavy atom. The Labute approximate surface area is 191 Å². The Hall–Kier alpha value is -2.46. The summed E-state index contributed by atoms with van der Waals surface area (Å²) in [6.45, 7) is 3.54. The van der Waals surface area contributed by atoms with Crippen LogP contribution in [0.1, 0.15) is 24.8 Å². The van der Waals surface area contributed by atoms with Crippen LogP contribution in [0.15, 0.2) is 29.6 Å². The van der Waals surface area contributed by atoms with Crippen molar-refractivity contribution in [3.63, 3.8) is 0 Å². The molecular weight excluding hydrogens is 457 g/mol. The largest absolute Gasteiger partial charge is 0.372 e. The summed E-state index contributed by atoms with van der Waals surface area (Å²) in [5, 5.41) is 3.50. The molecule has 0 bridgehead atoms. The van der Waals surface area contributed by atoms with Crippen molar-refractivity contribution >= 4 is 38.9 Å². The molecule has 0 saturated carbocycles. The number of amides is 1. The molecule has 0 radical (unpaired) electrons. The van der Waals surface area contributed by atoms with Crippen LogP contribution < -0.4 is 10.2 Å². The molecule has 1 unspecified atom stereocenters. The highest BCUT2D eigenvalue weighted by molar-refractivity contribution is 7.90. The minimum absolute atomic E-state index is 0.0177. The molecule has 11 heteroatoms. The van der Waals surface area contributed by atoms with Gasteiger partial charge in [0, 0.05) is 38.1 Å². The summed E-state index contributed by atoms with van der Waals surface area (Å²) < 4.78 is 37.7. The molecule has 0 spiro atoms. The number of rotatable bonds is 5. The van der Waals surface area contributed by atoms with Crippen LogP contribution in [0, 0.1) is 12.7 Å². The molecule has 0 aliphatic carbocycles. The van der Waals surface area contributed by atoms with Gasteiger partial charge in [0.05, 0.1) is 16.9 Å². The quantitative estimate of drug-likeness (QED) is 0.701. The standard InChI is InChI=1S/C21H25ClFN5O3S/c1-13-9-15(12-25-20(13)32(2,30)31)26-18-5-8-28(21(18)29)16-3-6-27(7-4-16)19-17(23)10-14(22)11-24-19/h9-12,16,18,26H,3-8H2,1-2H3. The van der Waals surface area contributed by atoms with Crippen LogP contribution in [0.4, 0.5) is 15.9 Å². The first-order valence-electron chi connectivity index (χ1n) is 10.4. The molecular formula is C21H25ClFN5O3S. The molecule has 2 aromatic heterocycles. The van der Waals surface area contributed by atoms with E-state index in [-0.39, 0.29) is 28.0 Å². The van der Waals surface area contributed by atoms with Gasteiger partial charge in [-0.3, -0.25) is 4.79 Å². The van der Waals surface area contributed by atoms with Crippen molar-refractivity contribution in [2.75, 3.05) is 36.1 Å². The summed E-state index contributed by atoms with van der Waals surface area (Å²) >= 11 is 5.79. The molecule has 1 N–H and O–H groups in total. The molecule has 2 saturated heterocycles. The van der Waals surface area contributed by atoms with E-state index in [9.17, 15) is 17.6 Å². The maximum Gasteiger partial charge on any atom is 0.245 e. The van der Waals surface area contributed by atoms with Gasteiger partial charge < -0.3 is 15.1 Å². The van der Waals surface area contributed by atoms with Gasteiger partial charge in [-0.05, 0) is 43.9 Å². The number of aryl methyl sites for hydroxylation is 1. The number of hydrogen-bond acceptors (Lipinski definition) is 7. The molecule has 2 aliphatic heterocycles. The highest BCUT2D eigenvalue weighted by Crippen LogP contribution is 2.28. The van der Waals surface area contributed by atoms with E-state index in [2.05, 4.69) is 15.3 Å². The van der Waals surface area contributed by atoms with E-state index < -0.39 is 15.7 Å². The van der Waals surface area contributed by atoms with Crippen LogP contribution in [0.2, 0.25) is 5.02 Å². The fourth-order valence-electron chi connectivity index (χ4n) is 4.46. The van der Waals surface area contributed by atoms with Crippen molar-refractivity contribution in [2.24, 2.45) is 0 Å². The second kappa shape index (κ2) is 8.82. The Balaban J connectivity index is 1.36. The molecule has 2 aromatic rings. The van der Waals surface area contributed by atoms with Gasteiger partial charge in [0.2, 0.25) is 5.91 Å². The number of sulfone groups is 1. The summed E-state index contributed by atoms with van der Waals surface area (Å²) in [5.41, 5.74) is 1.16. The van der Waals surface area contributed by atoms with E-state index in [1.165, 1.54) is 18.5 Å². The normalized spacial score (nSPS) is 20.1. The first-order valence-corrected chi connectivity index (χ1v) is 12.7. The number of halogens is 2. The summed E-state index contributed by atoms with van der Waals surface area (Å²) in [6.07, 6.45) is 6.12. The summed E-state index contributed by atoms with van der Waals surface area (Å²) in [7, 11) is -3.39. The SMILES string of the molecule is Cc1cc(NC2CCN(C3CCN(c4ncc(Cl)cc4F)CC3)C2=O)cnc1S(C)(=O)=O. The number of carbonyl (C=O) groups is 1. The average molecular weight is 482 g/mol. The minimum atomic E-state index is -3.39. The highest BCUT2D eigenvalue weighted by Gasteiger charge is 2.37. The molecule has 4 rings (SSSR count). The second-order valence-corrected chi connectivity index (χ2v) is 10.7. The molecule has 2 aliphatic rings. The lowest BCUT2D eigenvalue weighted by molar-refractivity contribution is -0.130. The Morgan fingerprint density at radius 3 is 2.47 bits per heavy atom. The lowest BCUT2D eigenvalue weighted by Crippen LogP contribution is -2.47. The summed E-state index contributed by atoms with van der Waals surface area (Å²) in [6, 6.07) is 2.67. The predicted octanol–water partition coefficient (Wildman–Crippen LogP) is 2.66. The average Bonchev–Trinajstić information content (AvgIpc) is 3.07. The van der Waals surface area contributed by atoms with Crippen LogP contribution >= 0.6 is 11.6 Å². The van der Waals surface area contributed by atoms with E-state index in [0.717, 1.165) is 19.1 Å². The van der Waals surface area contributed by atoms with Crippen molar-refractivity contribution < 1.29 is 17.6 Å². The van der Waals surface area contributed by atoms with Crippen molar-refractivity contribution in [3.05, 3.63) is 40.9 Å². The van der Waals surface area contributed by atoms with Crippen LogP contribution in [-0.2, 0) is 14.6 Å². The van der Waals surface area contributed by atoms with Gasteiger partial charge in [0.15, 0.2) is 26.5 Å². The van der Waals surface area contributed by atoms with Gasteiger partial charge in [0.25, 0.3) is 0 Å². The number of aromatic nitrogens is 2. The third kappa shape index (κ3) is 4.66. The number of carbonyl (C=O) groups excluding carboxylic acids is 1. The number of nitrogens with one attached hydrogen (secondary N) is 1. The zero-order valence-corrected chi connectivity index (χ0v) is 19.5. The van der Waals surface area contributed by atoms with Crippen LogP contribution in [0.5, 0.6) is 0 Å². The molecule has 4 heterocycles. The molecule has 2 fully saturated rings. The molecule has 8 nitrogen and oxygen atoms in total. The first-order chi connectivity index (χ1) is 15.1. The van der Waals surface area contributed by atoms with Gasteiger partial charge >= 0.3 is 0 Å². The van der Waals surface area contributed by atoms with E-state index in [4.69, 9.17) is 11.6 Å². The fraction of sp³-hybridized carbons (Fsp3) is 0.476. The van der Waals surface area contributed by atoms with E-state index in [1.807, 2.05) is 9.80 Å². The monoisotopic (exact) mass is 481 g/mol. The van der Waals surface area contributed by atoms with Crippen LogP contribution in [0.25, 0.3) is 0 Å². The Bertz CT molecular complexity index is 1140. The Morgan fingerprint density at radius 1 is 1.12 bits per heavy atom. The highest BCUT2D eigenvalue weighted by atomic mass is 35.5. The van der Waals surface area contributed by atoms with E-state index >= 15 is 0 Å². The number of pyridine rings is 2. The van der Waals surface area contributed by atoms with Gasteiger partial charge in [-0.25, -0.2) is 22.8 Å². The molecule has 32 heavy (non-hydrogen) atoms. The minimum Gasteiger partial charge on any atom is -0.372 e. The zero-order valence-electron chi connectivity index (χ0n) is 17.9. The lowest BCUT2D eigenvalue weighted by Gasteiger charge is -2.37. The molecule has 0 aromatic carbocycles. The van der Waals surface area contributed by atoms with E-state index in [1.54, 1.807) is 13.0 Å². The van der Waals surface area contributed by atoms with Crippen LogP contribution in [-0.4, -0.2) is 67.2 Å². The number of hydrogen-bond donors (Lipinski definition) is 1. The second-order valence-electron chi connectivity index (χ2n) is 8.31. The summed E-state index contributed by atoms with van der Waals surface area (Å²) in [4.78, 5) is 25.0. The van der Waals surface area contributed by atoms with E-state index in [0.29, 0.717) is 43.1 Å². The summed E-state index contributed by atoms with van der Waals surface area (Å²) in [5.74, 6) is -0.132. The van der Waals surface area contributed by atoms with Crippen molar-refractivity contribution in [2.45, 2.75) is 43.3 Å². The number of likely N-dealkylation sites (tertiary alicyclic amines) is 1. The van der Waals surface area contributed by atoms with Crippen molar-refractivity contribution in [3.8, 4) is 0 Å². The molecule has 1 amide bonds.